The van der Waals surface area contributed by atoms with Gasteiger partial charge in [0.15, 0.2) is 0 Å². The minimum atomic E-state index is -3.29. The van der Waals surface area contributed by atoms with E-state index in [1.54, 1.807) is 0 Å². The van der Waals surface area contributed by atoms with Crippen LogP contribution < -0.4 is 0 Å². The van der Waals surface area contributed by atoms with Gasteiger partial charge in [-0.3, -0.25) is 0 Å². The first kappa shape index (κ1) is 11.2. The lowest BCUT2D eigenvalue weighted by Gasteiger charge is -1.98. The molecule has 3 nitrogen and oxygen atoms in total. The minimum Gasteiger partial charge on any atom is -0.382 e. The number of hydrogen-bond donors (Lipinski definition) is 0. The van der Waals surface area contributed by atoms with Gasteiger partial charge in [0, 0.05) is 23.9 Å². The highest BCUT2D eigenvalue weighted by molar-refractivity contribution is 8.13. The number of halogens is 1. The van der Waals surface area contributed by atoms with Gasteiger partial charge in [0.2, 0.25) is 9.05 Å². The van der Waals surface area contributed by atoms with Crippen molar-refractivity contribution in [2.75, 3.05) is 19.0 Å². The van der Waals surface area contributed by atoms with Crippen LogP contribution >= 0.6 is 10.7 Å². The summed E-state index contributed by atoms with van der Waals surface area (Å²) in [7, 11) is 1.68. The Balaban J connectivity index is 3.16. The molecule has 0 radical (unpaired) electrons. The lowest BCUT2D eigenvalue weighted by molar-refractivity contribution is 0.144. The van der Waals surface area contributed by atoms with Crippen molar-refractivity contribution in [2.45, 2.75) is 19.8 Å². The second-order valence-electron chi connectivity index (χ2n) is 2.15. The molecule has 11 heavy (non-hydrogen) atoms. The molecular weight excluding hydrogens is 188 g/mol. The fourth-order valence-electron chi connectivity index (χ4n) is 0.623. The van der Waals surface area contributed by atoms with Crippen molar-refractivity contribution in [2.24, 2.45) is 0 Å². The van der Waals surface area contributed by atoms with Crippen LogP contribution in [-0.4, -0.2) is 27.4 Å². The van der Waals surface area contributed by atoms with E-state index >= 15 is 0 Å². The number of rotatable bonds is 6. The second kappa shape index (κ2) is 5.80. The maximum Gasteiger partial charge on any atom is 0.232 e. The molecule has 0 heterocycles. The van der Waals surface area contributed by atoms with Crippen LogP contribution in [0, 0.1) is 0 Å². The van der Waals surface area contributed by atoms with E-state index in [9.17, 15) is 8.42 Å². The fraction of sp³-hybridized carbons (Fsp3) is 1.00. The summed E-state index contributed by atoms with van der Waals surface area (Å²) in [4.78, 5) is 0. The average molecular weight is 201 g/mol. The van der Waals surface area contributed by atoms with Crippen LogP contribution in [0.4, 0.5) is 0 Å². The normalized spacial score (nSPS) is 11.8. The number of ether oxygens (including phenoxy) is 1. The highest BCUT2D eigenvalue weighted by Crippen LogP contribution is 2.01. The predicted octanol–water partition coefficient (Wildman–Crippen LogP) is 1.37. The van der Waals surface area contributed by atoms with E-state index in [2.05, 4.69) is 0 Å². The second-order valence-corrected chi connectivity index (χ2v) is 5.04. The molecular formula is C6H13ClO3S. The Morgan fingerprint density at radius 3 is 2.45 bits per heavy atom. The van der Waals surface area contributed by atoms with Crippen LogP contribution in [-0.2, 0) is 13.8 Å². The molecule has 0 aliphatic carbocycles. The van der Waals surface area contributed by atoms with E-state index in [4.69, 9.17) is 15.4 Å². The van der Waals surface area contributed by atoms with Gasteiger partial charge in [-0.2, -0.15) is 0 Å². The molecule has 68 valence electrons. The van der Waals surface area contributed by atoms with Gasteiger partial charge in [-0.15, -0.1) is 0 Å². The van der Waals surface area contributed by atoms with Crippen molar-refractivity contribution >= 4 is 19.7 Å². The topological polar surface area (TPSA) is 43.4 Å². The van der Waals surface area contributed by atoms with Gasteiger partial charge in [0.25, 0.3) is 0 Å². The van der Waals surface area contributed by atoms with Crippen LogP contribution in [0.1, 0.15) is 19.8 Å². The van der Waals surface area contributed by atoms with Crippen LogP contribution in [0.5, 0.6) is 0 Å². The Bertz CT molecular complexity index is 176. The summed E-state index contributed by atoms with van der Waals surface area (Å²) in [5.41, 5.74) is 0. The summed E-state index contributed by atoms with van der Waals surface area (Å²) >= 11 is 0. The summed E-state index contributed by atoms with van der Waals surface area (Å²) in [6.45, 7) is 3.19. The van der Waals surface area contributed by atoms with Crippen LogP contribution in [0.25, 0.3) is 0 Å². The SMILES string of the molecule is CCOCCCCS(=O)(=O)Cl. The minimum absolute atomic E-state index is 0.0433. The van der Waals surface area contributed by atoms with E-state index in [1.807, 2.05) is 6.92 Å². The molecule has 0 fully saturated rings. The molecule has 0 aromatic rings. The first-order chi connectivity index (χ1) is 5.06. The fourth-order valence-corrected chi connectivity index (χ4v) is 1.50. The molecule has 0 atom stereocenters. The maximum atomic E-state index is 10.4. The first-order valence-corrected chi connectivity index (χ1v) is 6.04. The summed E-state index contributed by atoms with van der Waals surface area (Å²) in [6, 6.07) is 0. The van der Waals surface area contributed by atoms with Crippen molar-refractivity contribution < 1.29 is 13.2 Å². The van der Waals surface area contributed by atoms with Crippen molar-refractivity contribution in [3.05, 3.63) is 0 Å². The zero-order valence-corrected chi connectivity index (χ0v) is 8.12. The number of unbranched alkanes of at least 4 members (excludes halogenated alkanes) is 1. The Morgan fingerprint density at radius 2 is 2.00 bits per heavy atom. The molecule has 0 bridgehead atoms. The summed E-state index contributed by atoms with van der Waals surface area (Å²) < 4.78 is 25.8. The van der Waals surface area contributed by atoms with Gasteiger partial charge in [0.05, 0.1) is 5.75 Å². The lowest BCUT2D eigenvalue weighted by Crippen LogP contribution is -2.00. The Labute approximate surface area is 72.1 Å². The highest BCUT2D eigenvalue weighted by atomic mass is 35.7. The van der Waals surface area contributed by atoms with E-state index in [0.29, 0.717) is 19.6 Å². The van der Waals surface area contributed by atoms with Crippen LogP contribution in [0.3, 0.4) is 0 Å². The van der Waals surface area contributed by atoms with Crippen LogP contribution in [0.15, 0.2) is 0 Å². The third kappa shape index (κ3) is 10.2. The van der Waals surface area contributed by atoms with E-state index in [-0.39, 0.29) is 5.75 Å². The predicted molar refractivity (Wildman–Crippen MR) is 45.4 cm³/mol. The molecule has 0 saturated carbocycles. The maximum absolute atomic E-state index is 10.4. The molecule has 0 rings (SSSR count). The Morgan fingerprint density at radius 1 is 1.36 bits per heavy atom. The summed E-state index contributed by atoms with van der Waals surface area (Å²) in [6.07, 6.45) is 1.33. The zero-order chi connectivity index (χ0) is 8.74. The molecule has 0 saturated heterocycles. The van der Waals surface area contributed by atoms with Crippen molar-refractivity contribution in [1.29, 1.82) is 0 Å². The quantitative estimate of drug-likeness (QED) is 0.481. The molecule has 0 spiro atoms. The van der Waals surface area contributed by atoms with Gasteiger partial charge >= 0.3 is 0 Å². The number of hydrogen-bond acceptors (Lipinski definition) is 3. The summed E-state index contributed by atoms with van der Waals surface area (Å²) in [5.74, 6) is 0.0433. The van der Waals surface area contributed by atoms with Crippen molar-refractivity contribution in [1.82, 2.24) is 0 Å². The monoisotopic (exact) mass is 200 g/mol. The lowest BCUT2D eigenvalue weighted by atomic mass is 10.4. The van der Waals surface area contributed by atoms with E-state index in [0.717, 1.165) is 6.42 Å². The molecule has 0 N–H and O–H groups in total. The largest absolute Gasteiger partial charge is 0.382 e. The Kier molecular flexibility index (Phi) is 5.91. The van der Waals surface area contributed by atoms with Gasteiger partial charge in [-0.1, -0.05) is 0 Å². The van der Waals surface area contributed by atoms with Crippen molar-refractivity contribution in [3.63, 3.8) is 0 Å². The van der Waals surface area contributed by atoms with Crippen molar-refractivity contribution in [3.8, 4) is 0 Å². The average Bonchev–Trinajstić information content (AvgIpc) is 1.85. The zero-order valence-electron chi connectivity index (χ0n) is 6.55. The molecule has 0 aliphatic heterocycles. The smallest absolute Gasteiger partial charge is 0.232 e. The van der Waals surface area contributed by atoms with Gasteiger partial charge in [-0.25, -0.2) is 8.42 Å². The molecule has 0 aliphatic rings. The van der Waals surface area contributed by atoms with Gasteiger partial charge in [-0.05, 0) is 19.8 Å². The van der Waals surface area contributed by atoms with E-state index < -0.39 is 9.05 Å². The highest BCUT2D eigenvalue weighted by Gasteiger charge is 2.03. The van der Waals surface area contributed by atoms with E-state index in [1.165, 1.54) is 0 Å². The van der Waals surface area contributed by atoms with Gasteiger partial charge in [0.1, 0.15) is 0 Å². The summed E-state index contributed by atoms with van der Waals surface area (Å²) in [5, 5.41) is 0. The third-order valence-corrected chi connectivity index (χ3v) is 2.37. The Hall–Kier alpha value is 0.200. The molecule has 0 aromatic carbocycles. The molecule has 0 amide bonds. The first-order valence-electron chi connectivity index (χ1n) is 3.56. The van der Waals surface area contributed by atoms with Crippen LogP contribution in [0.2, 0.25) is 0 Å². The molecule has 0 unspecified atom stereocenters. The third-order valence-electron chi connectivity index (χ3n) is 1.13. The van der Waals surface area contributed by atoms with Gasteiger partial charge < -0.3 is 4.74 Å². The molecule has 5 heteroatoms. The molecule has 0 aromatic heterocycles. The standard InChI is InChI=1S/C6H13ClO3S/c1-2-10-5-3-4-6-11(7,8)9/h2-6H2,1H3.